The van der Waals surface area contributed by atoms with Crippen LogP contribution in [0.15, 0.2) is 70.6 Å². The van der Waals surface area contributed by atoms with Gasteiger partial charge < -0.3 is 5.32 Å². The van der Waals surface area contributed by atoms with Gasteiger partial charge in [0, 0.05) is 32.5 Å². The summed E-state index contributed by atoms with van der Waals surface area (Å²) in [6, 6.07) is 13.7. The summed E-state index contributed by atoms with van der Waals surface area (Å²) in [5.41, 5.74) is 1.56. The minimum atomic E-state index is -0.354. The van der Waals surface area contributed by atoms with Crippen LogP contribution < -0.4 is 5.32 Å². The van der Waals surface area contributed by atoms with Crippen LogP contribution in [0.3, 0.4) is 0 Å². The predicted octanol–water partition coefficient (Wildman–Crippen LogP) is 4.63. The zero-order chi connectivity index (χ0) is 15.5. The minimum absolute atomic E-state index is 0.249. The lowest BCUT2D eigenvalue weighted by atomic mass is 10.0. The summed E-state index contributed by atoms with van der Waals surface area (Å²) >= 11 is 7.28. The highest BCUT2D eigenvalue weighted by Crippen LogP contribution is 2.31. The molecule has 2 aromatic rings. The number of carbonyl (C=O) groups is 1. The molecule has 22 heavy (non-hydrogen) atoms. The Morgan fingerprint density at radius 2 is 1.82 bits per heavy atom. The van der Waals surface area contributed by atoms with E-state index < -0.39 is 0 Å². The molecule has 0 saturated carbocycles. The highest BCUT2D eigenvalue weighted by Gasteiger charge is 2.21. The molecule has 1 heterocycles. The van der Waals surface area contributed by atoms with Crippen molar-refractivity contribution in [2.75, 3.05) is 0 Å². The maximum Gasteiger partial charge on any atom is 0.249 e. The van der Waals surface area contributed by atoms with E-state index in [0.29, 0.717) is 21.9 Å². The number of nitrogens with one attached hydrogen (secondary N) is 1. The number of rotatable bonds is 3. The van der Waals surface area contributed by atoms with Crippen molar-refractivity contribution in [3.8, 4) is 0 Å². The Bertz CT molecular complexity index is 784. The second-order valence-electron chi connectivity index (χ2n) is 4.63. The van der Waals surface area contributed by atoms with Crippen LogP contribution in [-0.4, -0.2) is 5.91 Å². The number of allylic oxidation sites excluding steroid dienone is 1. The van der Waals surface area contributed by atoms with Crippen LogP contribution in [0.4, 0.5) is 4.39 Å². The molecule has 1 aliphatic rings. The van der Waals surface area contributed by atoms with Crippen LogP contribution >= 0.6 is 23.4 Å². The maximum atomic E-state index is 13.9. The van der Waals surface area contributed by atoms with E-state index in [-0.39, 0.29) is 11.7 Å². The van der Waals surface area contributed by atoms with Gasteiger partial charge >= 0.3 is 0 Å². The van der Waals surface area contributed by atoms with Gasteiger partial charge in [0.15, 0.2) is 0 Å². The number of benzene rings is 2. The molecule has 0 spiro atoms. The molecule has 0 saturated heterocycles. The first kappa shape index (κ1) is 14.9. The zero-order valence-corrected chi connectivity index (χ0v) is 12.9. The van der Waals surface area contributed by atoms with E-state index in [1.807, 2.05) is 12.1 Å². The first-order valence-electron chi connectivity index (χ1n) is 6.54. The van der Waals surface area contributed by atoms with E-state index in [2.05, 4.69) is 5.32 Å². The van der Waals surface area contributed by atoms with E-state index in [9.17, 15) is 9.18 Å². The fourth-order valence-corrected chi connectivity index (χ4v) is 2.94. The van der Waals surface area contributed by atoms with Gasteiger partial charge in [0.1, 0.15) is 5.82 Å². The standard InChI is InChI=1S/C17H11ClFNOS/c18-11-5-7-12(8-6-11)22-10-16-14(9-17(21)20-16)13-3-1-2-4-15(13)19/h1-10H,(H,20,21)/b16-10-. The average Bonchev–Trinajstić information content (AvgIpc) is 2.88. The van der Waals surface area contributed by atoms with Crippen LogP contribution in [-0.2, 0) is 4.79 Å². The molecule has 1 aliphatic heterocycles. The van der Waals surface area contributed by atoms with Crippen molar-refractivity contribution in [3.63, 3.8) is 0 Å². The molecule has 0 unspecified atom stereocenters. The van der Waals surface area contributed by atoms with Gasteiger partial charge in [-0.2, -0.15) is 0 Å². The minimum Gasteiger partial charge on any atom is -0.321 e. The van der Waals surface area contributed by atoms with Crippen LogP contribution in [0.25, 0.3) is 5.57 Å². The molecule has 0 atom stereocenters. The number of halogens is 2. The summed E-state index contributed by atoms with van der Waals surface area (Å²) in [5, 5.41) is 5.19. The Morgan fingerprint density at radius 3 is 2.55 bits per heavy atom. The fourth-order valence-electron chi connectivity index (χ4n) is 2.08. The Morgan fingerprint density at radius 1 is 1.09 bits per heavy atom. The van der Waals surface area contributed by atoms with E-state index in [1.54, 1.807) is 35.7 Å². The summed E-state index contributed by atoms with van der Waals surface area (Å²) in [6.45, 7) is 0. The lowest BCUT2D eigenvalue weighted by Gasteiger charge is -2.07. The summed E-state index contributed by atoms with van der Waals surface area (Å²) < 4.78 is 13.9. The van der Waals surface area contributed by atoms with Gasteiger partial charge in [-0.05, 0) is 30.3 Å². The summed E-state index contributed by atoms with van der Waals surface area (Å²) in [5.74, 6) is -0.603. The van der Waals surface area contributed by atoms with Gasteiger partial charge in [-0.15, -0.1) is 0 Å². The third-order valence-electron chi connectivity index (χ3n) is 3.11. The molecule has 110 valence electrons. The van der Waals surface area contributed by atoms with Gasteiger partial charge in [0.2, 0.25) is 5.91 Å². The summed E-state index contributed by atoms with van der Waals surface area (Å²) in [7, 11) is 0. The van der Waals surface area contributed by atoms with Crippen molar-refractivity contribution >= 4 is 34.8 Å². The molecule has 2 nitrogen and oxygen atoms in total. The molecule has 3 rings (SSSR count). The first-order chi connectivity index (χ1) is 10.6. The van der Waals surface area contributed by atoms with Crippen molar-refractivity contribution in [3.05, 3.63) is 82.1 Å². The third-order valence-corrected chi connectivity index (χ3v) is 4.26. The number of thioether (sulfide) groups is 1. The first-order valence-corrected chi connectivity index (χ1v) is 7.79. The van der Waals surface area contributed by atoms with Crippen LogP contribution in [0.2, 0.25) is 5.02 Å². The van der Waals surface area contributed by atoms with Crippen LogP contribution in [0, 0.1) is 5.82 Å². The predicted molar refractivity (Wildman–Crippen MR) is 87.9 cm³/mol. The molecule has 0 bridgehead atoms. The highest BCUT2D eigenvalue weighted by molar-refractivity contribution is 8.02. The smallest absolute Gasteiger partial charge is 0.249 e. The second kappa shape index (κ2) is 6.38. The van der Waals surface area contributed by atoms with Crippen molar-refractivity contribution in [1.82, 2.24) is 5.32 Å². The molecule has 0 fully saturated rings. The quantitative estimate of drug-likeness (QED) is 0.831. The molecule has 5 heteroatoms. The molecular weight excluding hydrogens is 321 g/mol. The molecule has 1 N–H and O–H groups in total. The summed E-state index contributed by atoms with van der Waals surface area (Å²) in [4.78, 5) is 12.6. The second-order valence-corrected chi connectivity index (χ2v) is 6.01. The van der Waals surface area contributed by atoms with Gasteiger partial charge in [-0.25, -0.2) is 4.39 Å². The monoisotopic (exact) mass is 331 g/mol. The van der Waals surface area contributed by atoms with Gasteiger partial charge in [-0.1, -0.05) is 41.6 Å². The van der Waals surface area contributed by atoms with Crippen LogP contribution in [0.1, 0.15) is 5.56 Å². The number of amides is 1. The number of hydrogen-bond acceptors (Lipinski definition) is 2. The maximum absolute atomic E-state index is 13.9. The van der Waals surface area contributed by atoms with Gasteiger partial charge in [0.25, 0.3) is 0 Å². The Labute approximate surface area is 136 Å². The van der Waals surface area contributed by atoms with Crippen LogP contribution in [0.5, 0.6) is 0 Å². The van der Waals surface area contributed by atoms with Crippen molar-refractivity contribution in [1.29, 1.82) is 0 Å². The average molecular weight is 332 g/mol. The van der Waals surface area contributed by atoms with Gasteiger partial charge in [-0.3, -0.25) is 4.79 Å². The third kappa shape index (κ3) is 3.24. The lowest BCUT2D eigenvalue weighted by molar-refractivity contribution is -0.115. The number of hydrogen-bond donors (Lipinski definition) is 1. The lowest BCUT2D eigenvalue weighted by Crippen LogP contribution is -2.13. The van der Waals surface area contributed by atoms with E-state index in [1.165, 1.54) is 23.9 Å². The van der Waals surface area contributed by atoms with Crippen molar-refractivity contribution < 1.29 is 9.18 Å². The van der Waals surface area contributed by atoms with E-state index in [4.69, 9.17) is 11.6 Å². The number of carbonyl (C=O) groups excluding carboxylic acids is 1. The molecule has 1 amide bonds. The Kier molecular flexibility index (Phi) is 4.32. The largest absolute Gasteiger partial charge is 0.321 e. The van der Waals surface area contributed by atoms with E-state index >= 15 is 0 Å². The SMILES string of the molecule is O=C1C=C(c2ccccc2F)/C(=C/Sc2ccc(Cl)cc2)N1. The fraction of sp³-hybridized carbons (Fsp3) is 0. The molecular formula is C17H11ClFNOS. The normalized spacial score (nSPS) is 15.8. The molecule has 2 aromatic carbocycles. The highest BCUT2D eigenvalue weighted by atomic mass is 35.5. The summed E-state index contributed by atoms with van der Waals surface area (Å²) in [6.07, 6.45) is 1.41. The zero-order valence-electron chi connectivity index (χ0n) is 11.3. The Balaban J connectivity index is 1.88. The van der Waals surface area contributed by atoms with Crippen molar-refractivity contribution in [2.24, 2.45) is 0 Å². The molecule has 0 aliphatic carbocycles. The van der Waals surface area contributed by atoms with E-state index in [0.717, 1.165) is 4.90 Å². The topological polar surface area (TPSA) is 29.1 Å². The molecule has 0 aromatic heterocycles. The molecule has 0 radical (unpaired) electrons. The Hall–Kier alpha value is -2.04. The van der Waals surface area contributed by atoms with Gasteiger partial charge in [0.05, 0.1) is 5.70 Å². The van der Waals surface area contributed by atoms with Crippen molar-refractivity contribution in [2.45, 2.75) is 4.90 Å².